The summed E-state index contributed by atoms with van der Waals surface area (Å²) in [6, 6.07) is -1.11. The highest BCUT2D eigenvalue weighted by Gasteiger charge is 2.41. The molecule has 0 aromatic carbocycles. The summed E-state index contributed by atoms with van der Waals surface area (Å²) in [6.07, 6.45) is 3.36. The Morgan fingerprint density at radius 1 is 1.19 bits per heavy atom. The summed E-state index contributed by atoms with van der Waals surface area (Å²) in [6.45, 7) is 4.34. The van der Waals surface area contributed by atoms with E-state index in [0.717, 1.165) is 19.3 Å². The van der Waals surface area contributed by atoms with Gasteiger partial charge in [0.15, 0.2) is 0 Å². The molecule has 0 bridgehead atoms. The van der Waals surface area contributed by atoms with Crippen LogP contribution in [0.15, 0.2) is 0 Å². The summed E-state index contributed by atoms with van der Waals surface area (Å²) in [7, 11) is 1.31. The van der Waals surface area contributed by atoms with Gasteiger partial charge < -0.3 is 15.0 Å². The van der Waals surface area contributed by atoms with E-state index in [1.54, 1.807) is 4.90 Å². The third-order valence-corrected chi connectivity index (χ3v) is 4.18. The fourth-order valence-corrected chi connectivity index (χ4v) is 2.74. The van der Waals surface area contributed by atoms with Gasteiger partial charge in [-0.15, -0.1) is 0 Å². The van der Waals surface area contributed by atoms with E-state index in [-0.39, 0.29) is 23.7 Å². The zero-order valence-corrected chi connectivity index (χ0v) is 12.9. The first-order valence-corrected chi connectivity index (χ1v) is 7.64. The van der Waals surface area contributed by atoms with Gasteiger partial charge in [-0.05, 0) is 31.6 Å². The van der Waals surface area contributed by atoms with Crippen molar-refractivity contribution in [1.82, 2.24) is 10.2 Å². The highest BCUT2D eigenvalue weighted by molar-refractivity contribution is 5.92. The second-order valence-corrected chi connectivity index (χ2v) is 6.22. The van der Waals surface area contributed by atoms with Crippen molar-refractivity contribution < 1.29 is 19.1 Å². The molecule has 6 heteroatoms. The van der Waals surface area contributed by atoms with Gasteiger partial charge >= 0.3 is 5.97 Å². The number of carbonyl (C=O) groups is 3. The van der Waals surface area contributed by atoms with Crippen LogP contribution in [0.5, 0.6) is 0 Å². The van der Waals surface area contributed by atoms with Crippen LogP contribution < -0.4 is 5.32 Å². The lowest BCUT2D eigenvalue weighted by molar-refractivity contribution is -0.147. The molecular weight excluding hydrogens is 272 g/mol. The molecule has 2 aliphatic rings. The molecule has 2 atom stereocenters. The van der Waals surface area contributed by atoms with Crippen molar-refractivity contribution in [2.75, 3.05) is 13.7 Å². The molecule has 1 saturated heterocycles. The molecular formula is C15H24N2O4. The number of likely N-dealkylation sites (tertiary alicyclic amines) is 1. The SMILES string of the molecule is COC(=O)C(NC(=O)C1CCCN1C(=O)C1CC1)C(C)C. The number of amides is 2. The molecule has 2 amide bonds. The Balaban J connectivity index is 2.00. The summed E-state index contributed by atoms with van der Waals surface area (Å²) >= 11 is 0. The van der Waals surface area contributed by atoms with Gasteiger partial charge in [0.2, 0.25) is 11.8 Å². The molecule has 6 nitrogen and oxygen atoms in total. The Kier molecular flexibility index (Phi) is 4.85. The van der Waals surface area contributed by atoms with E-state index >= 15 is 0 Å². The van der Waals surface area contributed by atoms with Gasteiger partial charge in [0.05, 0.1) is 7.11 Å². The van der Waals surface area contributed by atoms with Crippen molar-refractivity contribution >= 4 is 17.8 Å². The average Bonchev–Trinajstić information content (AvgIpc) is 3.19. The van der Waals surface area contributed by atoms with Crippen molar-refractivity contribution in [2.45, 2.75) is 51.6 Å². The zero-order valence-electron chi connectivity index (χ0n) is 12.9. The largest absolute Gasteiger partial charge is 0.467 e. The third kappa shape index (κ3) is 3.54. The molecule has 1 heterocycles. The molecule has 2 fully saturated rings. The maximum atomic E-state index is 12.4. The molecule has 1 N–H and O–H groups in total. The number of nitrogens with zero attached hydrogens (tertiary/aromatic N) is 1. The lowest BCUT2D eigenvalue weighted by atomic mass is 10.0. The molecule has 118 valence electrons. The number of rotatable bonds is 5. The molecule has 2 rings (SSSR count). The molecule has 1 aliphatic heterocycles. The number of esters is 1. The van der Waals surface area contributed by atoms with Gasteiger partial charge in [0.25, 0.3) is 0 Å². The number of ether oxygens (including phenoxy) is 1. The van der Waals surface area contributed by atoms with Gasteiger partial charge in [0, 0.05) is 12.5 Å². The van der Waals surface area contributed by atoms with Crippen molar-refractivity contribution in [3.63, 3.8) is 0 Å². The molecule has 0 spiro atoms. The van der Waals surface area contributed by atoms with E-state index in [1.165, 1.54) is 7.11 Å². The van der Waals surface area contributed by atoms with Crippen LogP contribution in [-0.4, -0.2) is 48.4 Å². The Labute approximate surface area is 125 Å². The minimum absolute atomic E-state index is 0.0598. The van der Waals surface area contributed by atoms with Crippen molar-refractivity contribution in [3.05, 3.63) is 0 Å². The summed E-state index contributed by atoms with van der Waals surface area (Å²) in [5.41, 5.74) is 0. The lowest BCUT2D eigenvalue weighted by Gasteiger charge is -2.27. The minimum Gasteiger partial charge on any atom is -0.467 e. The Morgan fingerprint density at radius 3 is 2.38 bits per heavy atom. The minimum atomic E-state index is -0.666. The van der Waals surface area contributed by atoms with E-state index < -0.39 is 18.1 Å². The first kappa shape index (κ1) is 15.8. The summed E-state index contributed by atoms with van der Waals surface area (Å²) in [4.78, 5) is 38.0. The normalized spacial score (nSPS) is 23.0. The third-order valence-electron chi connectivity index (χ3n) is 4.18. The van der Waals surface area contributed by atoms with Crippen LogP contribution in [-0.2, 0) is 19.1 Å². The van der Waals surface area contributed by atoms with E-state index in [0.29, 0.717) is 13.0 Å². The van der Waals surface area contributed by atoms with Crippen LogP contribution in [0.4, 0.5) is 0 Å². The second-order valence-electron chi connectivity index (χ2n) is 6.22. The standard InChI is InChI=1S/C15H24N2O4/c1-9(2)12(15(20)21-3)16-13(18)11-5-4-8-17(11)14(19)10-6-7-10/h9-12H,4-8H2,1-3H3,(H,16,18). The van der Waals surface area contributed by atoms with Gasteiger partial charge in [-0.3, -0.25) is 9.59 Å². The van der Waals surface area contributed by atoms with Gasteiger partial charge in [-0.2, -0.15) is 0 Å². The van der Waals surface area contributed by atoms with Gasteiger partial charge in [-0.1, -0.05) is 13.8 Å². The molecule has 0 aromatic rings. The van der Waals surface area contributed by atoms with E-state index in [4.69, 9.17) is 4.74 Å². The van der Waals surface area contributed by atoms with Crippen LogP contribution in [0.3, 0.4) is 0 Å². The maximum absolute atomic E-state index is 12.4. The molecule has 1 saturated carbocycles. The monoisotopic (exact) mass is 296 g/mol. The highest BCUT2D eigenvalue weighted by Crippen LogP contribution is 2.33. The summed E-state index contributed by atoms with van der Waals surface area (Å²) < 4.78 is 4.73. The quantitative estimate of drug-likeness (QED) is 0.758. The number of nitrogens with one attached hydrogen (secondary N) is 1. The summed E-state index contributed by atoms with van der Waals surface area (Å²) in [5, 5.41) is 2.75. The van der Waals surface area contributed by atoms with Crippen molar-refractivity contribution in [1.29, 1.82) is 0 Å². The first-order valence-electron chi connectivity index (χ1n) is 7.64. The van der Waals surface area contributed by atoms with E-state index in [1.807, 2.05) is 13.8 Å². The number of methoxy groups -OCH3 is 1. The molecule has 0 aromatic heterocycles. The number of hydrogen-bond donors (Lipinski definition) is 1. The fourth-order valence-electron chi connectivity index (χ4n) is 2.74. The lowest BCUT2D eigenvalue weighted by Crippen LogP contribution is -2.52. The molecule has 1 aliphatic carbocycles. The van der Waals surface area contributed by atoms with Crippen molar-refractivity contribution in [2.24, 2.45) is 11.8 Å². The zero-order chi connectivity index (χ0) is 15.6. The average molecular weight is 296 g/mol. The van der Waals surface area contributed by atoms with Gasteiger partial charge in [-0.25, -0.2) is 4.79 Å². The fraction of sp³-hybridized carbons (Fsp3) is 0.800. The van der Waals surface area contributed by atoms with Gasteiger partial charge in [0.1, 0.15) is 12.1 Å². The molecule has 21 heavy (non-hydrogen) atoms. The van der Waals surface area contributed by atoms with E-state index in [2.05, 4.69) is 5.32 Å². The molecule has 0 radical (unpaired) electrons. The molecule has 2 unspecified atom stereocenters. The second kappa shape index (κ2) is 6.45. The Bertz CT molecular complexity index is 431. The van der Waals surface area contributed by atoms with Crippen LogP contribution in [0.1, 0.15) is 39.5 Å². The highest BCUT2D eigenvalue weighted by atomic mass is 16.5. The summed E-state index contributed by atoms with van der Waals surface area (Å²) in [5.74, 6) is -0.552. The predicted molar refractivity (Wildman–Crippen MR) is 76.2 cm³/mol. The van der Waals surface area contributed by atoms with Crippen LogP contribution in [0.2, 0.25) is 0 Å². The number of hydrogen-bond acceptors (Lipinski definition) is 4. The number of carbonyl (C=O) groups excluding carboxylic acids is 3. The van der Waals surface area contributed by atoms with Crippen molar-refractivity contribution in [3.8, 4) is 0 Å². The predicted octanol–water partition coefficient (Wildman–Crippen LogP) is 0.701. The van der Waals surface area contributed by atoms with Crippen LogP contribution in [0, 0.1) is 11.8 Å². The Morgan fingerprint density at radius 2 is 1.86 bits per heavy atom. The van der Waals surface area contributed by atoms with Crippen LogP contribution >= 0.6 is 0 Å². The van der Waals surface area contributed by atoms with Crippen LogP contribution in [0.25, 0.3) is 0 Å². The smallest absolute Gasteiger partial charge is 0.328 e. The first-order chi connectivity index (χ1) is 9.95. The maximum Gasteiger partial charge on any atom is 0.328 e. The topological polar surface area (TPSA) is 75.7 Å². The van der Waals surface area contributed by atoms with E-state index in [9.17, 15) is 14.4 Å². The Hall–Kier alpha value is -1.59.